The van der Waals surface area contributed by atoms with Gasteiger partial charge in [-0.25, -0.2) is 5.84 Å². The van der Waals surface area contributed by atoms with Gasteiger partial charge in [-0.15, -0.1) is 10.2 Å². The first-order valence-electron chi connectivity index (χ1n) is 5.73. The lowest BCUT2D eigenvalue weighted by Crippen LogP contribution is -2.22. The van der Waals surface area contributed by atoms with E-state index >= 15 is 0 Å². The monoisotopic (exact) mass is 264 g/mol. The molecule has 2 heterocycles. The van der Waals surface area contributed by atoms with Crippen molar-refractivity contribution in [3.63, 3.8) is 0 Å². The third-order valence-corrected chi connectivity index (χ3v) is 3.35. The van der Waals surface area contributed by atoms with Gasteiger partial charge in [-0.05, 0) is 18.7 Å². The molecule has 0 aromatic carbocycles. The summed E-state index contributed by atoms with van der Waals surface area (Å²) in [5, 5.41) is 9.58. The van der Waals surface area contributed by atoms with Crippen molar-refractivity contribution >= 4 is 16.5 Å². The molecule has 0 fully saturated rings. The molecule has 2 aromatic rings. The van der Waals surface area contributed by atoms with Crippen LogP contribution in [-0.2, 0) is 13.1 Å². The number of hydrazine groups is 1. The standard InChI is InChI=1S/C11H16N6S/c1-2-17(7-9-5-3-4-6-13-9)8-10-15-16-11(14-12)18-10/h3-6H,2,7-8,12H2,1H3,(H,14,16). The predicted octanol–water partition coefficient (Wildman–Crippen LogP) is 1.24. The molecule has 0 amide bonds. The molecular formula is C11H16N6S. The van der Waals surface area contributed by atoms with E-state index in [4.69, 9.17) is 5.84 Å². The summed E-state index contributed by atoms with van der Waals surface area (Å²) in [6.45, 7) is 4.61. The van der Waals surface area contributed by atoms with Crippen LogP contribution in [0.25, 0.3) is 0 Å². The number of hydrogen-bond donors (Lipinski definition) is 2. The summed E-state index contributed by atoms with van der Waals surface area (Å²) in [6.07, 6.45) is 1.81. The number of pyridine rings is 1. The molecule has 2 rings (SSSR count). The minimum atomic E-state index is 0.638. The SMILES string of the molecule is CCN(Cc1ccccn1)Cc1nnc(NN)s1. The van der Waals surface area contributed by atoms with Crippen molar-refractivity contribution in [3.8, 4) is 0 Å². The minimum Gasteiger partial charge on any atom is -0.298 e. The average Bonchev–Trinajstić information content (AvgIpc) is 2.87. The highest BCUT2D eigenvalue weighted by molar-refractivity contribution is 7.15. The van der Waals surface area contributed by atoms with Crippen LogP contribution in [0.4, 0.5) is 5.13 Å². The van der Waals surface area contributed by atoms with Gasteiger partial charge in [0, 0.05) is 12.7 Å². The summed E-state index contributed by atoms with van der Waals surface area (Å²) in [5.74, 6) is 5.28. The average molecular weight is 264 g/mol. The molecule has 0 unspecified atom stereocenters. The maximum absolute atomic E-state index is 5.28. The van der Waals surface area contributed by atoms with E-state index in [1.165, 1.54) is 11.3 Å². The van der Waals surface area contributed by atoms with Gasteiger partial charge >= 0.3 is 0 Å². The number of anilines is 1. The van der Waals surface area contributed by atoms with Crippen molar-refractivity contribution in [3.05, 3.63) is 35.1 Å². The van der Waals surface area contributed by atoms with Crippen molar-refractivity contribution in [2.75, 3.05) is 12.0 Å². The summed E-state index contributed by atoms with van der Waals surface area (Å²) >= 11 is 1.47. The van der Waals surface area contributed by atoms with Gasteiger partial charge in [0.25, 0.3) is 0 Å². The lowest BCUT2D eigenvalue weighted by Gasteiger charge is -2.17. The van der Waals surface area contributed by atoms with Gasteiger partial charge in [-0.2, -0.15) is 0 Å². The Morgan fingerprint density at radius 1 is 1.33 bits per heavy atom. The van der Waals surface area contributed by atoms with Crippen LogP contribution < -0.4 is 11.3 Å². The van der Waals surface area contributed by atoms with Gasteiger partial charge < -0.3 is 0 Å². The van der Waals surface area contributed by atoms with E-state index in [1.54, 1.807) is 0 Å². The molecule has 0 aliphatic carbocycles. The fourth-order valence-corrected chi connectivity index (χ4v) is 2.26. The maximum Gasteiger partial charge on any atom is 0.219 e. The molecule has 18 heavy (non-hydrogen) atoms. The molecule has 7 heteroatoms. The Morgan fingerprint density at radius 2 is 2.22 bits per heavy atom. The molecular weight excluding hydrogens is 248 g/mol. The highest BCUT2D eigenvalue weighted by atomic mass is 32.1. The predicted molar refractivity (Wildman–Crippen MR) is 71.7 cm³/mol. The summed E-state index contributed by atoms with van der Waals surface area (Å²) in [5.41, 5.74) is 3.56. The molecule has 0 aliphatic rings. The second kappa shape index (κ2) is 6.39. The fourth-order valence-electron chi connectivity index (χ4n) is 1.57. The van der Waals surface area contributed by atoms with Crippen LogP contribution in [0.5, 0.6) is 0 Å². The number of nitrogen functional groups attached to an aromatic ring is 1. The molecule has 0 radical (unpaired) electrons. The van der Waals surface area contributed by atoms with E-state index in [0.717, 1.165) is 30.3 Å². The Hall–Kier alpha value is -1.57. The van der Waals surface area contributed by atoms with Crippen molar-refractivity contribution in [1.29, 1.82) is 0 Å². The molecule has 0 spiro atoms. The zero-order valence-electron chi connectivity index (χ0n) is 10.2. The first-order chi connectivity index (χ1) is 8.81. The second-order valence-corrected chi connectivity index (χ2v) is 4.83. The quantitative estimate of drug-likeness (QED) is 0.603. The van der Waals surface area contributed by atoms with Gasteiger partial charge in [0.15, 0.2) is 0 Å². The van der Waals surface area contributed by atoms with Crippen LogP contribution >= 0.6 is 11.3 Å². The van der Waals surface area contributed by atoms with Crippen LogP contribution in [-0.4, -0.2) is 26.6 Å². The molecule has 0 bridgehead atoms. The van der Waals surface area contributed by atoms with Gasteiger partial charge in [-0.3, -0.25) is 15.3 Å². The second-order valence-electron chi connectivity index (χ2n) is 3.77. The number of nitrogens with two attached hydrogens (primary N) is 1. The molecule has 0 atom stereocenters. The number of nitrogens with zero attached hydrogens (tertiary/aromatic N) is 4. The topological polar surface area (TPSA) is 80.0 Å². The van der Waals surface area contributed by atoms with E-state index in [0.29, 0.717) is 5.13 Å². The van der Waals surface area contributed by atoms with Crippen molar-refractivity contribution in [2.45, 2.75) is 20.0 Å². The molecule has 0 saturated carbocycles. The molecule has 0 saturated heterocycles. The molecule has 0 aliphatic heterocycles. The van der Waals surface area contributed by atoms with Gasteiger partial charge in [-0.1, -0.05) is 24.3 Å². The zero-order valence-corrected chi connectivity index (χ0v) is 11.0. The third kappa shape index (κ3) is 3.46. The molecule has 6 nitrogen and oxygen atoms in total. The Kier molecular flexibility index (Phi) is 4.57. The van der Waals surface area contributed by atoms with Gasteiger partial charge in [0.1, 0.15) is 5.01 Å². The van der Waals surface area contributed by atoms with E-state index in [1.807, 2.05) is 24.4 Å². The Bertz CT molecular complexity index is 471. The van der Waals surface area contributed by atoms with Crippen LogP contribution in [0.3, 0.4) is 0 Å². The highest BCUT2D eigenvalue weighted by Gasteiger charge is 2.09. The van der Waals surface area contributed by atoms with Crippen molar-refractivity contribution in [1.82, 2.24) is 20.1 Å². The van der Waals surface area contributed by atoms with E-state index in [-0.39, 0.29) is 0 Å². The highest BCUT2D eigenvalue weighted by Crippen LogP contribution is 2.16. The van der Waals surface area contributed by atoms with Gasteiger partial charge in [0.2, 0.25) is 5.13 Å². The Morgan fingerprint density at radius 3 is 2.83 bits per heavy atom. The minimum absolute atomic E-state index is 0.638. The number of aromatic nitrogens is 3. The number of nitrogens with one attached hydrogen (secondary N) is 1. The van der Waals surface area contributed by atoms with Crippen LogP contribution in [0, 0.1) is 0 Å². The first-order valence-corrected chi connectivity index (χ1v) is 6.54. The van der Waals surface area contributed by atoms with Crippen LogP contribution in [0.2, 0.25) is 0 Å². The normalized spacial score (nSPS) is 10.8. The summed E-state index contributed by atoms with van der Waals surface area (Å²) < 4.78 is 0. The molecule has 2 aromatic heterocycles. The zero-order chi connectivity index (χ0) is 12.8. The number of hydrogen-bond acceptors (Lipinski definition) is 7. The van der Waals surface area contributed by atoms with E-state index < -0.39 is 0 Å². The van der Waals surface area contributed by atoms with E-state index in [2.05, 4.69) is 32.4 Å². The van der Waals surface area contributed by atoms with Crippen molar-refractivity contribution < 1.29 is 0 Å². The smallest absolute Gasteiger partial charge is 0.219 e. The van der Waals surface area contributed by atoms with Crippen LogP contribution in [0.15, 0.2) is 24.4 Å². The summed E-state index contributed by atoms with van der Waals surface area (Å²) in [4.78, 5) is 6.58. The van der Waals surface area contributed by atoms with Crippen molar-refractivity contribution in [2.24, 2.45) is 5.84 Å². The summed E-state index contributed by atoms with van der Waals surface area (Å²) in [7, 11) is 0. The fraction of sp³-hybridized carbons (Fsp3) is 0.364. The summed E-state index contributed by atoms with van der Waals surface area (Å²) in [6, 6.07) is 5.94. The largest absolute Gasteiger partial charge is 0.298 e. The lowest BCUT2D eigenvalue weighted by atomic mass is 10.3. The first kappa shape index (κ1) is 12.9. The van der Waals surface area contributed by atoms with Gasteiger partial charge in [0.05, 0.1) is 12.2 Å². The Balaban J connectivity index is 1.97. The lowest BCUT2D eigenvalue weighted by molar-refractivity contribution is 0.267. The molecule has 96 valence electrons. The van der Waals surface area contributed by atoms with Crippen LogP contribution in [0.1, 0.15) is 17.6 Å². The molecule has 3 N–H and O–H groups in total. The third-order valence-electron chi connectivity index (χ3n) is 2.51. The van der Waals surface area contributed by atoms with E-state index in [9.17, 15) is 0 Å². The Labute approximate surface area is 110 Å². The maximum atomic E-state index is 5.28. The number of rotatable bonds is 6.